The first-order chi connectivity index (χ1) is 18.4. The molecule has 1 aliphatic heterocycles. The second-order valence-corrected chi connectivity index (χ2v) is 10.5. The van der Waals surface area contributed by atoms with Crippen molar-refractivity contribution < 1.29 is 14.3 Å². The number of halogens is 1. The second-order valence-electron chi connectivity index (χ2n) is 10.5. The molecule has 0 spiro atoms. The number of pyridine rings is 1. The van der Waals surface area contributed by atoms with Gasteiger partial charge in [-0.15, -0.1) is 0 Å². The smallest absolute Gasteiger partial charge is 0.278 e. The molecule has 2 heterocycles. The zero-order valence-electron chi connectivity index (χ0n) is 20.9. The summed E-state index contributed by atoms with van der Waals surface area (Å²) >= 11 is 0. The van der Waals surface area contributed by atoms with Crippen molar-refractivity contribution in [1.29, 1.82) is 0 Å². The van der Waals surface area contributed by atoms with Crippen LogP contribution in [0.2, 0.25) is 0 Å². The number of carbonyl (C=O) groups excluding carboxylic acids is 1. The molecule has 0 bridgehead atoms. The van der Waals surface area contributed by atoms with Gasteiger partial charge < -0.3 is 10.0 Å². The van der Waals surface area contributed by atoms with Gasteiger partial charge in [0.1, 0.15) is 18.0 Å². The van der Waals surface area contributed by atoms with E-state index in [0.717, 1.165) is 24.0 Å². The highest BCUT2D eigenvalue weighted by molar-refractivity contribution is 5.96. The largest absolute Gasteiger partial charge is 0.502 e. The zero-order valence-corrected chi connectivity index (χ0v) is 20.9. The van der Waals surface area contributed by atoms with Crippen LogP contribution >= 0.6 is 0 Å². The highest BCUT2D eigenvalue weighted by Gasteiger charge is 2.58. The average Bonchev–Trinajstić information content (AvgIpc) is 3.41. The van der Waals surface area contributed by atoms with Gasteiger partial charge in [-0.1, -0.05) is 66.7 Å². The van der Waals surface area contributed by atoms with E-state index in [2.05, 4.69) is 29.3 Å². The van der Waals surface area contributed by atoms with E-state index < -0.39 is 22.6 Å². The molecule has 0 atom stereocenters. The predicted octanol–water partition coefficient (Wildman–Crippen LogP) is 4.23. The van der Waals surface area contributed by atoms with Gasteiger partial charge in [0.15, 0.2) is 11.4 Å². The minimum atomic E-state index is -0.631. The topological polar surface area (TPSA) is 65.8 Å². The Morgan fingerprint density at radius 2 is 1.58 bits per heavy atom. The molecule has 4 aromatic rings. The van der Waals surface area contributed by atoms with E-state index in [-0.39, 0.29) is 30.6 Å². The number of aromatic nitrogens is 1. The molecular formula is C31H26FN3O3. The van der Waals surface area contributed by atoms with E-state index in [4.69, 9.17) is 0 Å². The van der Waals surface area contributed by atoms with Crippen LogP contribution in [0.25, 0.3) is 0 Å². The van der Waals surface area contributed by atoms with Gasteiger partial charge >= 0.3 is 0 Å². The number of fused-ring (bicyclic) bond motifs is 6. The monoisotopic (exact) mass is 507 g/mol. The van der Waals surface area contributed by atoms with Crippen LogP contribution in [0.1, 0.15) is 43.9 Å². The number of nitrogens with zero attached hydrogens (tertiary/aromatic N) is 3. The molecule has 3 aromatic carbocycles. The van der Waals surface area contributed by atoms with Crippen molar-refractivity contribution in [2.45, 2.75) is 31.8 Å². The number of amides is 1. The number of hydrogen-bond acceptors (Lipinski definition) is 4. The summed E-state index contributed by atoms with van der Waals surface area (Å²) in [6.45, 7) is 1.86. The molecule has 6 nitrogen and oxygen atoms in total. The molecule has 0 unspecified atom stereocenters. The number of aromatic hydroxyl groups is 1. The maximum absolute atomic E-state index is 15.1. The Kier molecular flexibility index (Phi) is 4.83. The zero-order chi connectivity index (χ0) is 26.2. The number of hydrogen-bond donors (Lipinski definition) is 1. The molecule has 0 fully saturated rings. The van der Waals surface area contributed by atoms with Crippen molar-refractivity contribution in [3.05, 3.63) is 134 Å². The predicted molar refractivity (Wildman–Crippen MR) is 141 cm³/mol. The van der Waals surface area contributed by atoms with Crippen LogP contribution in [0.15, 0.2) is 83.8 Å². The van der Waals surface area contributed by atoms with E-state index in [0.29, 0.717) is 11.1 Å². The molecule has 1 amide bonds. The van der Waals surface area contributed by atoms with Crippen LogP contribution < -0.4 is 10.4 Å². The molecular weight excluding hydrogens is 481 g/mol. The van der Waals surface area contributed by atoms with Crippen LogP contribution in [0.4, 0.5) is 4.39 Å². The minimum absolute atomic E-state index is 0.00934. The highest BCUT2D eigenvalue weighted by atomic mass is 19.1. The Morgan fingerprint density at radius 3 is 2.26 bits per heavy atom. The Bertz CT molecular complexity index is 1640. The van der Waals surface area contributed by atoms with Crippen molar-refractivity contribution in [3.63, 3.8) is 0 Å². The van der Waals surface area contributed by atoms with Gasteiger partial charge in [0.05, 0.1) is 6.54 Å². The molecule has 190 valence electrons. The number of aryl methyl sites for hydroxylation is 1. The highest BCUT2D eigenvalue weighted by Crippen LogP contribution is 2.56. The Hall–Kier alpha value is -4.39. The molecule has 3 aliphatic rings. The first-order valence-corrected chi connectivity index (χ1v) is 12.8. The van der Waals surface area contributed by atoms with E-state index in [1.165, 1.54) is 22.1 Å². The third kappa shape index (κ3) is 2.93. The van der Waals surface area contributed by atoms with Crippen LogP contribution in [-0.2, 0) is 24.9 Å². The van der Waals surface area contributed by atoms with Gasteiger partial charge in [-0.3, -0.25) is 19.3 Å². The summed E-state index contributed by atoms with van der Waals surface area (Å²) in [6, 6.07) is 23.2. The number of carbonyl (C=O) groups is 1. The van der Waals surface area contributed by atoms with E-state index >= 15 is 4.39 Å². The lowest BCUT2D eigenvalue weighted by molar-refractivity contribution is 0.0629. The molecule has 0 saturated carbocycles. The van der Waals surface area contributed by atoms with Gasteiger partial charge in [0.25, 0.3) is 5.91 Å². The van der Waals surface area contributed by atoms with Crippen molar-refractivity contribution >= 4 is 5.91 Å². The summed E-state index contributed by atoms with van der Waals surface area (Å²) in [7, 11) is 0. The molecule has 1 aromatic heterocycles. The van der Waals surface area contributed by atoms with Crippen molar-refractivity contribution in [2.75, 3.05) is 11.7 Å². The third-order valence-electron chi connectivity index (χ3n) is 8.53. The maximum Gasteiger partial charge on any atom is 0.278 e. The fourth-order valence-electron chi connectivity index (χ4n) is 6.91. The average molecular weight is 508 g/mol. The molecule has 7 heteroatoms. The van der Waals surface area contributed by atoms with Crippen LogP contribution in [-0.4, -0.2) is 27.3 Å². The van der Waals surface area contributed by atoms with E-state index in [9.17, 15) is 14.7 Å². The van der Waals surface area contributed by atoms with Gasteiger partial charge in [0.2, 0.25) is 5.43 Å². The molecule has 7 rings (SSSR count). The molecule has 2 aliphatic carbocycles. The first kappa shape index (κ1) is 22.8. The summed E-state index contributed by atoms with van der Waals surface area (Å²) < 4.78 is 16.7. The van der Waals surface area contributed by atoms with Crippen molar-refractivity contribution in [2.24, 2.45) is 5.92 Å². The fourth-order valence-corrected chi connectivity index (χ4v) is 6.91. The standard InChI is InChI=1S/C31H26FN3O3/c1-19-7-6-10-22(27(19)32)17-33-18-35(34-14-13-26(36)29(37)28(34)30(33)38)31-23(15-20-8-2-4-11-24(20)31)16-21-9-3-5-12-25(21)31/h2-14,23,37H,15-18H2,1H3. The van der Waals surface area contributed by atoms with E-state index in [1.807, 2.05) is 24.3 Å². The number of benzene rings is 3. The van der Waals surface area contributed by atoms with E-state index in [1.54, 1.807) is 36.0 Å². The lowest BCUT2D eigenvalue weighted by Gasteiger charge is -2.50. The third-order valence-corrected chi connectivity index (χ3v) is 8.53. The summed E-state index contributed by atoms with van der Waals surface area (Å²) in [4.78, 5) is 27.9. The van der Waals surface area contributed by atoms with Gasteiger partial charge in [-0.05, 0) is 47.6 Å². The lowest BCUT2D eigenvalue weighted by Crippen LogP contribution is -2.63. The Labute approximate surface area is 219 Å². The van der Waals surface area contributed by atoms with Crippen molar-refractivity contribution in [1.82, 2.24) is 9.58 Å². The first-order valence-electron chi connectivity index (χ1n) is 12.8. The normalized spacial score (nSPS) is 21.2. The van der Waals surface area contributed by atoms with Crippen LogP contribution in [0.5, 0.6) is 5.75 Å². The number of rotatable bonds is 3. The minimum Gasteiger partial charge on any atom is -0.502 e. The van der Waals surface area contributed by atoms with Crippen LogP contribution in [0.3, 0.4) is 0 Å². The summed E-state index contributed by atoms with van der Waals surface area (Å²) in [5, 5.41) is 13.0. The Morgan fingerprint density at radius 1 is 0.921 bits per heavy atom. The van der Waals surface area contributed by atoms with Crippen molar-refractivity contribution in [3.8, 4) is 5.75 Å². The summed E-state index contributed by atoms with van der Waals surface area (Å²) in [5.74, 6) is -1.29. The summed E-state index contributed by atoms with van der Waals surface area (Å²) in [6.07, 6.45) is 3.31. The van der Waals surface area contributed by atoms with Gasteiger partial charge in [-0.2, -0.15) is 0 Å². The Balaban J connectivity index is 1.48. The molecule has 0 saturated heterocycles. The second kappa shape index (κ2) is 8.05. The van der Waals surface area contributed by atoms with Crippen LogP contribution in [0, 0.1) is 18.7 Å². The fraction of sp³-hybridized carbons (Fsp3) is 0.226. The molecule has 38 heavy (non-hydrogen) atoms. The maximum atomic E-state index is 15.1. The molecule has 0 radical (unpaired) electrons. The van der Waals surface area contributed by atoms with Gasteiger partial charge in [-0.25, -0.2) is 4.39 Å². The molecule has 1 N–H and O–H groups in total. The van der Waals surface area contributed by atoms with Gasteiger partial charge in [0, 0.05) is 23.7 Å². The summed E-state index contributed by atoms with van der Waals surface area (Å²) in [5.41, 5.74) is 4.31. The SMILES string of the molecule is Cc1cccc(CN2CN(C34c5ccccc5CC3Cc3ccccc34)n3ccc(=O)c(O)c3C2=O)c1F. The quantitative estimate of drug-likeness (QED) is 0.451. The lowest BCUT2D eigenvalue weighted by atomic mass is 9.81.